The lowest BCUT2D eigenvalue weighted by Crippen LogP contribution is -2.54. The second-order valence-corrected chi connectivity index (χ2v) is 16.4. The Balaban J connectivity index is 1.48. The smallest absolute Gasteiger partial charge is 0.276 e. The van der Waals surface area contributed by atoms with Crippen molar-refractivity contribution in [3.05, 3.63) is 41.5 Å². The molecule has 6 heteroatoms. The third-order valence-electron chi connectivity index (χ3n) is 11.8. The Bertz CT molecular complexity index is 1240. The van der Waals surface area contributed by atoms with Crippen LogP contribution in [0.2, 0.25) is 0 Å². The summed E-state index contributed by atoms with van der Waals surface area (Å²) in [6.07, 6.45) is 13.2. The maximum Gasteiger partial charge on any atom is 0.276 e. The lowest BCUT2D eigenvalue weighted by molar-refractivity contribution is -0.0302. The van der Waals surface area contributed by atoms with Crippen molar-refractivity contribution in [3.63, 3.8) is 0 Å². The highest BCUT2D eigenvalue weighted by molar-refractivity contribution is 7.89. The van der Waals surface area contributed by atoms with Gasteiger partial charge >= 0.3 is 0 Å². The van der Waals surface area contributed by atoms with Gasteiger partial charge in [-0.2, -0.15) is 18.4 Å². The predicted molar refractivity (Wildman–Crippen MR) is 163 cm³/mol. The SMILES string of the molecule is Cc1ccc(S(=O)(=O)N/N=C2\C=C3C[C@@H](O)CC[C@]3(C)[C@H]3CC[C@]4(C)[C@@H]([C@H](C)CCCC(C)C)CC[C@H]4[C@H]23)cc1. The largest absolute Gasteiger partial charge is 0.393 e. The molecular formula is C34H52N2O3S. The fourth-order valence-corrected chi connectivity index (χ4v) is 10.2. The zero-order chi connectivity index (χ0) is 28.9. The number of aliphatic hydroxyl groups is 1. The topological polar surface area (TPSA) is 78.8 Å². The van der Waals surface area contributed by atoms with E-state index < -0.39 is 10.0 Å². The molecule has 1 aromatic carbocycles. The first-order chi connectivity index (χ1) is 18.8. The van der Waals surface area contributed by atoms with Crippen molar-refractivity contribution in [2.24, 2.45) is 51.4 Å². The molecule has 0 aromatic heterocycles. The molecular weight excluding hydrogens is 516 g/mol. The number of hydrazone groups is 1. The van der Waals surface area contributed by atoms with Gasteiger partial charge in [0, 0.05) is 5.92 Å². The van der Waals surface area contributed by atoms with Gasteiger partial charge in [-0.25, -0.2) is 0 Å². The van der Waals surface area contributed by atoms with E-state index in [1.807, 2.05) is 19.1 Å². The number of fused-ring (bicyclic) bond motifs is 5. The molecule has 2 N–H and O–H groups in total. The van der Waals surface area contributed by atoms with Crippen LogP contribution in [0, 0.1) is 53.3 Å². The van der Waals surface area contributed by atoms with Crippen molar-refractivity contribution >= 4 is 15.7 Å². The number of hydrogen-bond acceptors (Lipinski definition) is 4. The Morgan fingerprint density at radius 2 is 1.73 bits per heavy atom. The summed E-state index contributed by atoms with van der Waals surface area (Å²) in [5, 5.41) is 15.3. The van der Waals surface area contributed by atoms with E-state index in [2.05, 4.69) is 45.5 Å². The Kier molecular flexibility index (Phi) is 8.35. The summed E-state index contributed by atoms with van der Waals surface area (Å²) >= 11 is 0. The van der Waals surface area contributed by atoms with Gasteiger partial charge in [0.05, 0.1) is 16.7 Å². The third-order valence-corrected chi connectivity index (χ3v) is 13.0. The van der Waals surface area contributed by atoms with Crippen LogP contribution in [-0.4, -0.2) is 25.3 Å². The van der Waals surface area contributed by atoms with Crippen molar-refractivity contribution in [2.75, 3.05) is 0 Å². The number of aliphatic hydroxyl groups excluding tert-OH is 1. The molecule has 5 rings (SSSR count). The summed E-state index contributed by atoms with van der Waals surface area (Å²) in [6, 6.07) is 6.94. The molecule has 3 saturated carbocycles. The first kappa shape index (κ1) is 29.8. The summed E-state index contributed by atoms with van der Waals surface area (Å²) < 4.78 is 26.5. The van der Waals surface area contributed by atoms with Crippen molar-refractivity contribution in [3.8, 4) is 0 Å². The van der Waals surface area contributed by atoms with Gasteiger partial charge < -0.3 is 5.11 Å². The predicted octanol–water partition coefficient (Wildman–Crippen LogP) is 7.64. The summed E-state index contributed by atoms with van der Waals surface area (Å²) in [5.41, 5.74) is 3.50. The molecule has 0 saturated heterocycles. The highest BCUT2D eigenvalue weighted by atomic mass is 32.2. The fourth-order valence-electron chi connectivity index (χ4n) is 9.42. The highest BCUT2D eigenvalue weighted by Crippen LogP contribution is 2.66. The number of nitrogens with zero attached hydrogens (tertiary/aromatic N) is 1. The van der Waals surface area contributed by atoms with Crippen molar-refractivity contribution in [1.82, 2.24) is 4.83 Å². The molecule has 1 aromatic rings. The van der Waals surface area contributed by atoms with E-state index in [1.165, 1.54) is 44.1 Å². The van der Waals surface area contributed by atoms with Gasteiger partial charge in [0.25, 0.3) is 10.0 Å². The molecule has 3 fully saturated rings. The Morgan fingerprint density at radius 3 is 2.42 bits per heavy atom. The number of aryl methyl sites for hydroxylation is 1. The Labute approximate surface area is 243 Å². The molecule has 222 valence electrons. The molecule has 4 aliphatic carbocycles. The van der Waals surface area contributed by atoms with Crippen LogP contribution < -0.4 is 4.83 Å². The maximum absolute atomic E-state index is 13.2. The molecule has 0 aliphatic heterocycles. The van der Waals surface area contributed by atoms with Crippen LogP contribution in [0.25, 0.3) is 0 Å². The molecule has 8 atom stereocenters. The number of benzene rings is 1. The van der Waals surface area contributed by atoms with Gasteiger partial charge in [0.2, 0.25) is 0 Å². The standard InChI is InChI=1S/C34H52N2O3S/c1-22(2)8-7-9-24(4)28-14-15-29-32-30(17-19-34(28,29)6)33(5)18-16-26(37)20-25(33)21-31(32)35-36-40(38,39)27-12-10-23(3)11-13-27/h10-13,21-22,24,26,28-30,32,36-37H,7-9,14-20H2,1-6H3/b35-31+/t24-,26+,28-,29+,30+,32+,33+,34-/m1/s1. The monoisotopic (exact) mass is 568 g/mol. The Hall–Kier alpha value is -1.66. The van der Waals surface area contributed by atoms with Gasteiger partial charge in [-0.3, -0.25) is 0 Å². The molecule has 0 bridgehead atoms. The molecule has 0 amide bonds. The molecule has 0 unspecified atom stereocenters. The van der Waals surface area contributed by atoms with Gasteiger partial charge in [-0.1, -0.05) is 77.2 Å². The average molecular weight is 569 g/mol. The van der Waals surface area contributed by atoms with Crippen LogP contribution >= 0.6 is 0 Å². The van der Waals surface area contributed by atoms with Gasteiger partial charge in [-0.05, 0) is 110 Å². The molecule has 5 nitrogen and oxygen atoms in total. The molecule has 0 spiro atoms. The van der Waals surface area contributed by atoms with E-state index in [9.17, 15) is 13.5 Å². The quantitative estimate of drug-likeness (QED) is 0.316. The first-order valence-electron chi connectivity index (χ1n) is 15.9. The minimum absolute atomic E-state index is 0.0566. The zero-order valence-corrected chi connectivity index (χ0v) is 26.4. The normalized spacial score (nSPS) is 37.5. The summed E-state index contributed by atoms with van der Waals surface area (Å²) in [7, 11) is -3.76. The first-order valence-corrected chi connectivity index (χ1v) is 17.4. The number of allylic oxidation sites excluding steroid dienone is 1. The second kappa shape index (κ2) is 11.2. The van der Waals surface area contributed by atoms with Crippen LogP contribution in [-0.2, 0) is 10.0 Å². The third kappa shape index (κ3) is 5.44. The van der Waals surface area contributed by atoms with Crippen LogP contribution in [0.4, 0.5) is 0 Å². The van der Waals surface area contributed by atoms with E-state index >= 15 is 0 Å². The van der Waals surface area contributed by atoms with Gasteiger partial charge in [0.1, 0.15) is 0 Å². The molecule has 40 heavy (non-hydrogen) atoms. The van der Waals surface area contributed by atoms with E-state index in [0.29, 0.717) is 30.1 Å². The van der Waals surface area contributed by atoms with E-state index in [-0.39, 0.29) is 27.7 Å². The molecule has 4 aliphatic rings. The number of sulfonamides is 1. The second-order valence-electron chi connectivity index (χ2n) is 14.7. The zero-order valence-electron chi connectivity index (χ0n) is 25.6. The summed E-state index contributed by atoms with van der Waals surface area (Å²) in [6.45, 7) is 14.0. The minimum Gasteiger partial charge on any atom is -0.393 e. The number of hydrogen-bond donors (Lipinski definition) is 2. The van der Waals surface area contributed by atoms with Crippen LogP contribution in [0.1, 0.15) is 104 Å². The lowest BCUT2D eigenvalue weighted by Gasteiger charge is -2.58. The Morgan fingerprint density at radius 1 is 1.00 bits per heavy atom. The van der Waals surface area contributed by atoms with Gasteiger partial charge in [-0.15, -0.1) is 0 Å². The van der Waals surface area contributed by atoms with Crippen molar-refractivity contribution in [1.29, 1.82) is 0 Å². The summed E-state index contributed by atoms with van der Waals surface area (Å²) in [5.74, 6) is 3.37. The molecule has 0 heterocycles. The summed E-state index contributed by atoms with van der Waals surface area (Å²) in [4.78, 5) is 2.88. The van der Waals surface area contributed by atoms with E-state index in [0.717, 1.165) is 36.5 Å². The van der Waals surface area contributed by atoms with Crippen LogP contribution in [0.3, 0.4) is 0 Å². The number of rotatable bonds is 8. The highest BCUT2D eigenvalue weighted by Gasteiger charge is 2.60. The minimum atomic E-state index is -3.76. The van der Waals surface area contributed by atoms with E-state index in [4.69, 9.17) is 5.10 Å². The average Bonchev–Trinajstić information content (AvgIpc) is 3.25. The van der Waals surface area contributed by atoms with E-state index in [1.54, 1.807) is 12.1 Å². The fraction of sp³-hybridized carbons (Fsp3) is 0.735. The van der Waals surface area contributed by atoms with Crippen molar-refractivity contribution in [2.45, 2.75) is 117 Å². The molecule has 0 radical (unpaired) electrons. The number of nitrogens with one attached hydrogen (secondary N) is 1. The maximum atomic E-state index is 13.2. The van der Waals surface area contributed by atoms with Crippen LogP contribution in [0.5, 0.6) is 0 Å². The lowest BCUT2D eigenvalue weighted by atomic mass is 9.46. The van der Waals surface area contributed by atoms with Gasteiger partial charge in [0.15, 0.2) is 0 Å². The van der Waals surface area contributed by atoms with Crippen molar-refractivity contribution < 1.29 is 13.5 Å². The van der Waals surface area contributed by atoms with Crippen LogP contribution in [0.15, 0.2) is 45.9 Å².